The van der Waals surface area contributed by atoms with Crippen LogP contribution in [0.5, 0.6) is 0 Å². The molecule has 0 saturated carbocycles. The van der Waals surface area contributed by atoms with Crippen molar-refractivity contribution < 1.29 is 9.59 Å². The number of anilines is 1. The Morgan fingerprint density at radius 1 is 0.963 bits per heavy atom. The largest absolute Gasteiger partial charge is 0.353 e. The van der Waals surface area contributed by atoms with Gasteiger partial charge in [-0.15, -0.1) is 0 Å². The average molecular weight is 375 g/mol. The van der Waals surface area contributed by atoms with Crippen molar-refractivity contribution in [3.63, 3.8) is 0 Å². The molecule has 2 rings (SSSR count). The molecular weight excluding hydrogens is 340 g/mol. The third-order valence-corrected chi connectivity index (χ3v) is 5.00. The molecule has 2 N–H and O–H groups in total. The maximum Gasteiger partial charge on any atom is 0.241 e. The fourth-order valence-electron chi connectivity index (χ4n) is 3.24. The Bertz CT molecular complexity index is 620. The van der Waals surface area contributed by atoms with Gasteiger partial charge in [-0.2, -0.15) is 0 Å². The molecule has 1 heterocycles. The minimum absolute atomic E-state index is 0.0123. The number of nitrogens with one attached hydrogen (secondary N) is 2. The first-order valence-electron chi connectivity index (χ1n) is 9.93. The van der Waals surface area contributed by atoms with Crippen LogP contribution < -0.4 is 10.6 Å². The van der Waals surface area contributed by atoms with Gasteiger partial charge in [0.15, 0.2) is 0 Å². The number of nitrogens with zero attached hydrogens (tertiary/aromatic N) is 2. The van der Waals surface area contributed by atoms with Crippen molar-refractivity contribution in [3.8, 4) is 0 Å². The van der Waals surface area contributed by atoms with Crippen molar-refractivity contribution >= 4 is 17.5 Å². The second-order valence-electron chi connectivity index (χ2n) is 7.98. The molecule has 2 amide bonds. The number of carbonyl (C=O) groups excluding carboxylic acids is 2. The minimum atomic E-state index is -0.193. The molecule has 150 valence electrons. The highest BCUT2D eigenvalue weighted by molar-refractivity contribution is 5.94. The Hall–Kier alpha value is -1.92. The van der Waals surface area contributed by atoms with Gasteiger partial charge >= 0.3 is 0 Å². The van der Waals surface area contributed by atoms with E-state index in [1.165, 1.54) is 5.56 Å². The monoisotopic (exact) mass is 374 g/mol. The van der Waals surface area contributed by atoms with Crippen molar-refractivity contribution in [3.05, 3.63) is 29.8 Å². The van der Waals surface area contributed by atoms with Crippen LogP contribution in [0, 0.1) is 0 Å². The Morgan fingerprint density at radius 3 is 2.07 bits per heavy atom. The van der Waals surface area contributed by atoms with Crippen molar-refractivity contribution in [2.45, 2.75) is 52.6 Å². The highest BCUT2D eigenvalue weighted by atomic mass is 16.2. The van der Waals surface area contributed by atoms with Crippen LogP contribution in [0.4, 0.5) is 5.69 Å². The van der Waals surface area contributed by atoms with Gasteiger partial charge in [0.1, 0.15) is 0 Å². The second kappa shape index (κ2) is 9.85. The molecule has 6 nitrogen and oxygen atoms in total. The fraction of sp³-hybridized carbons (Fsp3) is 0.619. The van der Waals surface area contributed by atoms with E-state index in [4.69, 9.17) is 0 Å². The van der Waals surface area contributed by atoms with Crippen molar-refractivity contribution in [2.75, 3.05) is 38.0 Å². The third-order valence-electron chi connectivity index (χ3n) is 5.00. The Morgan fingerprint density at radius 2 is 1.56 bits per heavy atom. The van der Waals surface area contributed by atoms with Crippen LogP contribution in [0.3, 0.4) is 0 Å². The molecule has 0 bridgehead atoms. The number of rotatable bonds is 7. The van der Waals surface area contributed by atoms with E-state index >= 15 is 0 Å². The second-order valence-corrected chi connectivity index (χ2v) is 7.98. The zero-order valence-electron chi connectivity index (χ0n) is 17.3. The molecule has 1 fully saturated rings. The molecule has 1 aliphatic rings. The Labute approximate surface area is 163 Å². The quantitative estimate of drug-likeness (QED) is 0.769. The maximum absolute atomic E-state index is 12.6. The van der Waals surface area contributed by atoms with Crippen molar-refractivity contribution in [2.24, 2.45) is 0 Å². The molecule has 6 heteroatoms. The van der Waals surface area contributed by atoms with Gasteiger partial charge in [-0.25, -0.2) is 0 Å². The summed E-state index contributed by atoms with van der Waals surface area (Å²) in [6.45, 7) is 13.8. The molecule has 1 atom stereocenters. The van der Waals surface area contributed by atoms with Crippen LogP contribution in [-0.4, -0.2) is 66.4 Å². The first-order chi connectivity index (χ1) is 12.8. The third kappa shape index (κ3) is 6.63. The summed E-state index contributed by atoms with van der Waals surface area (Å²) in [5, 5.41) is 5.93. The van der Waals surface area contributed by atoms with Gasteiger partial charge in [-0.05, 0) is 44.4 Å². The molecule has 0 aromatic heterocycles. The van der Waals surface area contributed by atoms with Crippen LogP contribution in [0.25, 0.3) is 0 Å². The van der Waals surface area contributed by atoms with Gasteiger partial charge in [0, 0.05) is 37.9 Å². The SMILES string of the molecule is CC(C)NC(=O)CN1CCN([C@@H](C)C(=O)Nc2ccc(C(C)C)cc2)CC1. The van der Waals surface area contributed by atoms with E-state index in [1.807, 2.05) is 32.9 Å². The van der Waals surface area contributed by atoms with Crippen LogP contribution in [0.15, 0.2) is 24.3 Å². The van der Waals surface area contributed by atoms with Crippen molar-refractivity contribution in [1.82, 2.24) is 15.1 Å². The fourth-order valence-corrected chi connectivity index (χ4v) is 3.24. The summed E-state index contributed by atoms with van der Waals surface area (Å²) >= 11 is 0. The lowest BCUT2D eigenvalue weighted by atomic mass is 10.0. The molecular formula is C21H34N4O2. The summed E-state index contributed by atoms with van der Waals surface area (Å²) in [5.41, 5.74) is 2.10. The Kier molecular flexibility index (Phi) is 7.80. The zero-order chi connectivity index (χ0) is 20.0. The highest BCUT2D eigenvalue weighted by Crippen LogP contribution is 2.17. The lowest BCUT2D eigenvalue weighted by Crippen LogP contribution is -2.54. The Balaban J connectivity index is 1.79. The summed E-state index contributed by atoms with van der Waals surface area (Å²) < 4.78 is 0. The average Bonchev–Trinajstić information content (AvgIpc) is 2.61. The van der Waals surface area contributed by atoms with Crippen LogP contribution in [-0.2, 0) is 9.59 Å². The van der Waals surface area contributed by atoms with E-state index in [0.717, 1.165) is 31.9 Å². The van der Waals surface area contributed by atoms with Crippen LogP contribution in [0.1, 0.15) is 46.1 Å². The summed E-state index contributed by atoms with van der Waals surface area (Å²) in [7, 11) is 0. The maximum atomic E-state index is 12.6. The smallest absolute Gasteiger partial charge is 0.241 e. The number of piperazine rings is 1. The number of hydrogen-bond donors (Lipinski definition) is 2. The summed E-state index contributed by atoms with van der Waals surface area (Å²) in [4.78, 5) is 28.8. The van der Waals surface area contributed by atoms with Gasteiger partial charge in [0.05, 0.1) is 12.6 Å². The summed E-state index contributed by atoms with van der Waals surface area (Å²) in [6.07, 6.45) is 0. The van der Waals surface area contributed by atoms with Gasteiger partial charge in [-0.3, -0.25) is 19.4 Å². The molecule has 1 aromatic rings. The van der Waals surface area contributed by atoms with Crippen LogP contribution in [0.2, 0.25) is 0 Å². The molecule has 0 aliphatic carbocycles. The van der Waals surface area contributed by atoms with Gasteiger partial charge in [0.2, 0.25) is 11.8 Å². The first kappa shape index (κ1) is 21.4. The zero-order valence-corrected chi connectivity index (χ0v) is 17.3. The predicted octanol–water partition coefficient (Wildman–Crippen LogP) is 2.28. The minimum Gasteiger partial charge on any atom is -0.353 e. The number of benzene rings is 1. The number of hydrogen-bond acceptors (Lipinski definition) is 4. The van der Waals surface area contributed by atoms with E-state index in [9.17, 15) is 9.59 Å². The molecule has 27 heavy (non-hydrogen) atoms. The van der Waals surface area contributed by atoms with Gasteiger partial charge in [0.25, 0.3) is 0 Å². The predicted molar refractivity (Wildman–Crippen MR) is 110 cm³/mol. The van der Waals surface area contributed by atoms with Gasteiger partial charge in [-0.1, -0.05) is 26.0 Å². The van der Waals surface area contributed by atoms with E-state index < -0.39 is 0 Å². The highest BCUT2D eigenvalue weighted by Gasteiger charge is 2.26. The standard InChI is InChI=1S/C21H34N4O2/c1-15(2)18-6-8-19(9-7-18)23-21(27)17(5)25-12-10-24(11-13-25)14-20(26)22-16(3)4/h6-9,15-17H,10-14H2,1-5H3,(H,22,26)(H,23,27)/t17-/m0/s1. The molecule has 1 saturated heterocycles. The van der Waals surface area contributed by atoms with E-state index in [2.05, 4.69) is 46.4 Å². The summed E-state index contributed by atoms with van der Waals surface area (Å²) in [5.74, 6) is 0.556. The van der Waals surface area contributed by atoms with E-state index in [1.54, 1.807) is 0 Å². The number of carbonyl (C=O) groups is 2. The molecule has 0 spiro atoms. The number of amides is 2. The lowest BCUT2D eigenvalue weighted by molar-refractivity contribution is -0.125. The van der Waals surface area contributed by atoms with E-state index in [0.29, 0.717) is 12.5 Å². The topological polar surface area (TPSA) is 64.7 Å². The molecule has 1 aliphatic heterocycles. The summed E-state index contributed by atoms with van der Waals surface area (Å²) in [6, 6.07) is 8.02. The first-order valence-corrected chi connectivity index (χ1v) is 9.93. The van der Waals surface area contributed by atoms with Gasteiger partial charge < -0.3 is 10.6 Å². The van der Waals surface area contributed by atoms with Crippen molar-refractivity contribution in [1.29, 1.82) is 0 Å². The molecule has 1 aromatic carbocycles. The van der Waals surface area contributed by atoms with E-state index in [-0.39, 0.29) is 23.9 Å². The molecule has 0 radical (unpaired) electrons. The molecule has 0 unspecified atom stereocenters. The van der Waals surface area contributed by atoms with Crippen LogP contribution >= 0.6 is 0 Å². The normalized spacial score (nSPS) is 17.1. The lowest BCUT2D eigenvalue weighted by Gasteiger charge is -2.37.